The van der Waals surface area contributed by atoms with Crippen LogP contribution in [0.5, 0.6) is 0 Å². The molecule has 0 radical (unpaired) electrons. The van der Waals surface area contributed by atoms with Crippen molar-refractivity contribution in [3.8, 4) is 0 Å². The molecule has 0 aromatic heterocycles. The predicted octanol–water partition coefficient (Wildman–Crippen LogP) is 3.80. The third-order valence-electron chi connectivity index (χ3n) is 5.31. The minimum Gasteiger partial charge on any atom is -0.379 e. The first kappa shape index (κ1) is 22.3. The highest BCUT2D eigenvalue weighted by Crippen LogP contribution is 2.22. The molecule has 7 heteroatoms. The van der Waals surface area contributed by atoms with Crippen molar-refractivity contribution in [1.82, 2.24) is 10.2 Å². The number of hydrogen-bond acceptors (Lipinski definition) is 4. The number of nitrogens with zero attached hydrogens (tertiary/aromatic N) is 2. The number of halogens is 1. The second-order valence-electron chi connectivity index (χ2n) is 7.47. The first-order chi connectivity index (χ1) is 14.4. The molecule has 30 heavy (non-hydrogen) atoms. The average molecular weight is 429 g/mol. The van der Waals surface area contributed by atoms with Crippen LogP contribution in [0.1, 0.15) is 27.0 Å². The van der Waals surface area contributed by atoms with Crippen LogP contribution in [0.2, 0.25) is 5.02 Å². The molecule has 6 nitrogen and oxygen atoms in total. The lowest BCUT2D eigenvalue weighted by atomic mass is 10.1. The van der Waals surface area contributed by atoms with Crippen molar-refractivity contribution in [3.05, 3.63) is 63.7 Å². The number of aryl methyl sites for hydroxylation is 2. The maximum Gasteiger partial charge on any atom is 0.257 e. The van der Waals surface area contributed by atoms with Gasteiger partial charge in [0.1, 0.15) is 0 Å². The topological polar surface area (TPSA) is 66.0 Å². The van der Waals surface area contributed by atoms with Gasteiger partial charge < -0.3 is 10.1 Å². The molecule has 2 aromatic carbocycles. The van der Waals surface area contributed by atoms with Gasteiger partial charge in [-0.2, -0.15) is 0 Å². The number of anilines is 1. The molecule has 160 valence electrons. The second-order valence-corrected chi connectivity index (χ2v) is 7.88. The molecular weight excluding hydrogens is 400 g/mol. The van der Waals surface area contributed by atoms with Gasteiger partial charge in [0.15, 0.2) is 0 Å². The Kier molecular flexibility index (Phi) is 7.85. The molecule has 2 aromatic rings. The fraction of sp³-hybridized carbons (Fsp3) is 0.391. The Balaban J connectivity index is 1.74. The van der Waals surface area contributed by atoms with Gasteiger partial charge in [0.2, 0.25) is 5.96 Å². The summed E-state index contributed by atoms with van der Waals surface area (Å²) < 4.78 is 5.39. The molecule has 1 aliphatic rings. The van der Waals surface area contributed by atoms with E-state index in [1.807, 2.05) is 57.2 Å². The van der Waals surface area contributed by atoms with Gasteiger partial charge in [-0.3, -0.25) is 20.0 Å². The van der Waals surface area contributed by atoms with Crippen molar-refractivity contribution in [2.75, 3.05) is 44.7 Å². The fourth-order valence-electron chi connectivity index (χ4n) is 3.17. The zero-order chi connectivity index (χ0) is 21.5. The molecule has 3 rings (SSSR count). The zero-order valence-corrected chi connectivity index (χ0v) is 18.6. The Morgan fingerprint density at radius 1 is 1.13 bits per heavy atom. The lowest BCUT2D eigenvalue weighted by molar-refractivity contribution is 0.0394. The Labute approximate surface area is 183 Å². The highest BCUT2D eigenvalue weighted by Gasteiger charge is 2.13. The fourth-order valence-corrected chi connectivity index (χ4v) is 3.35. The largest absolute Gasteiger partial charge is 0.379 e. The molecule has 1 amide bonds. The smallest absolute Gasteiger partial charge is 0.257 e. The summed E-state index contributed by atoms with van der Waals surface area (Å²) in [6, 6.07) is 11.3. The summed E-state index contributed by atoms with van der Waals surface area (Å²) in [6.07, 6.45) is 0. The first-order valence-electron chi connectivity index (χ1n) is 10.2. The number of carbonyl (C=O) groups is 1. The lowest BCUT2D eigenvalue weighted by Gasteiger charge is -2.25. The van der Waals surface area contributed by atoms with Crippen LogP contribution < -0.4 is 10.6 Å². The van der Waals surface area contributed by atoms with Crippen LogP contribution in [0, 0.1) is 20.8 Å². The summed E-state index contributed by atoms with van der Waals surface area (Å²) >= 11 is 6.25. The van der Waals surface area contributed by atoms with E-state index < -0.39 is 0 Å². The van der Waals surface area contributed by atoms with Gasteiger partial charge in [0, 0.05) is 35.9 Å². The Hall–Kier alpha value is -2.41. The Bertz CT molecular complexity index is 923. The normalized spacial score (nSPS) is 15.1. The lowest BCUT2D eigenvalue weighted by Crippen LogP contribution is -2.39. The molecule has 1 aliphatic heterocycles. The summed E-state index contributed by atoms with van der Waals surface area (Å²) in [5.41, 5.74) is 4.54. The van der Waals surface area contributed by atoms with Crippen LogP contribution in [-0.4, -0.2) is 56.2 Å². The van der Waals surface area contributed by atoms with Crippen molar-refractivity contribution < 1.29 is 9.53 Å². The summed E-state index contributed by atoms with van der Waals surface area (Å²) in [5.74, 6) is 0.215. The third-order valence-corrected chi connectivity index (χ3v) is 5.72. The van der Waals surface area contributed by atoms with Crippen molar-refractivity contribution >= 4 is 29.2 Å². The summed E-state index contributed by atoms with van der Waals surface area (Å²) in [6.45, 7) is 10.6. The van der Waals surface area contributed by atoms with Crippen LogP contribution in [0.25, 0.3) is 0 Å². The number of amides is 1. The van der Waals surface area contributed by atoms with Crippen LogP contribution in [0.3, 0.4) is 0 Å². The van der Waals surface area contributed by atoms with Gasteiger partial charge in [-0.25, -0.2) is 0 Å². The van der Waals surface area contributed by atoms with E-state index in [1.165, 1.54) is 0 Å². The predicted molar refractivity (Wildman–Crippen MR) is 123 cm³/mol. The molecule has 0 saturated carbocycles. The van der Waals surface area contributed by atoms with E-state index in [1.54, 1.807) is 0 Å². The summed E-state index contributed by atoms with van der Waals surface area (Å²) in [4.78, 5) is 19.8. The number of guanidine groups is 1. The van der Waals surface area contributed by atoms with Crippen molar-refractivity contribution in [3.63, 3.8) is 0 Å². The maximum atomic E-state index is 12.8. The van der Waals surface area contributed by atoms with Crippen molar-refractivity contribution in [2.45, 2.75) is 20.8 Å². The number of nitrogens with one attached hydrogen (secondary N) is 2. The van der Waals surface area contributed by atoms with Gasteiger partial charge >= 0.3 is 0 Å². The molecule has 0 aliphatic carbocycles. The van der Waals surface area contributed by atoms with Crippen LogP contribution in [-0.2, 0) is 4.74 Å². The van der Waals surface area contributed by atoms with E-state index in [0.717, 1.165) is 55.2 Å². The average Bonchev–Trinajstić information content (AvgIpc) is 2.74. The van der Waals surface area contributed by atoms with Crippen molar-refractivity contribution in [1.29, 1.82) is 0 Å². The van der Waals surface area contributed by atoms with Gasteiger partial charge in [-0.15, -0.1) is 0 Å². The molecule has 1 heterocycles. The zero-order valence-electron chi connectivity index (χ0n) is 17.8. The van der Waals surface area contributed by atoms with E-state index in [4.69, 9.17) is 16.3 Å². The number of benzene rings is 2. The van der Waals surface area contributed by atoms with E-state index in [9.17, 15) is 4.79 Å². The monoisotopic (exact) mass is 428 g/mol. The molecule has 0 atom stereocenters. The standard InChI is InChI=1S/C23H29ClN4O2/c1-16-7-8-19(15-17(16)2)22(29)27-23(25-9-10-28-11-13-30-14-12-28)26-21-6-4-5-20(24)18(21)3/h4-8,15H,9-14H2,1-3H3,(H2,25,26,27,29). The number of rotatable bonds is 5. The highest BCUT2D eigenvalue weighted by atomic mass is 35.5. The van der Waals surface area contributed by atoms with Gasteiger partial charge in [0.25, 0.3) is 5.91 Å². The highest BCUT2D eigenvalue weighted by molar-refractivity contribution is 6.31. The maximum absolute atomic E-state index is 12.8. The molecule has 0 unspecified atom stereocenters. The number of morpholine rings is 1. The SMILES string of the molecule is Cc1ccc(C(=O)NC(=NCCN2CCOCC2)Nc2cccc(Cl)c2C)cc1C. The number of hydrogen-bond donors (Lipinski definition) is 2. The number of ether oxygens (including phenoxy) is 1. The number of aliphatic imine (C=N–C) groups is 1. The van der Waals surface area contributed by atoms with Crippen LogP contribution >= 0.6 is 11.6 Å². The van der Waals surface area contributed by atoms with Gasteiger partial charge in [-0.05, 0) is 61.7 Å². The third kappa shape index (κ3) is 6.05. The minimum absolute atomic E-state index is 0.199. The summed E-state index contributed by atoms with van der Waals surface area (Å²) in [7, 11) is 0. The van der Waals surface area contributed by atoms with E-state index in [-0.39, 0.29) is 5.91 Å². The molecular formula is C23H29ClN4O2. The number of carbonyl (C=O) groups excluding carboxylic acids is 1. The Morgan fingerprint density at radius 2 is 1.90 bits per heavy atom. The first-order valence-corrected chi connectivity index (χ1v) is 10.6. The van der Waals surface area contributed by atoms with E-state index >= 15 is 0 Å². The van der Waals surface area contributed by atoms with E-state index in [0.29, 0.717) is 23.1 Å². The molecule has 0 spiro atoms. The summed E-state index contributed by atoms with van der Waals surface area (Å²) in [5, 5.41) is 6.83. The van der Waals surface area contributed by atoms with E-state index in [2.05, 4.69) is 20.5 Å². The van der Waals surface area contributed by atoms with Gasteiger partial charge in [0.05, 0.1) is 19.8 Å². The van der Waals surface area contributed by atoms with Gasteiger partial charge in [-0.1, -0.05) is 23.7 Å². The van der Waals surface area contributed by atoms with Crippen LogP contribution in [0.15, 0.2) is 41.4 Å². The van der Waals surface area contributed by atoms with Crippen LogP contribution in [0.4, 0.5) is 5.69 Å². The quantitative estimate of drug-likeness (QED) is 0.561. The Morgan fingerprint density at radius 3 is 2.63 bits per heavy atom. The molecule has 1 saturated heterocycles. The minimum atomic E-state index is -0.199. The second kappa shape index (κ2) is 10.6. The molecule has 1 fully saturated rings. The molecule has 0 bridgehead atoms. The van der Waals surface area contributed by atoms with Crippen molar-refractivity contribution in [2.24, 2.45) is 4.99 Å². The molecule has 2 N–H and O–H groups in total.